The minimum Gasteiger partial charge on any atom is -0.478 e. The lowest BCUT2D eigenvalue weighted by Gasteiger charge is -2.10. The molecule has 0 saturated carbocycles. The fraction of sp³-hybridized carbons (Fsp3) is 0.333. The Hall–Kier alpha value is -1.62. The van der Waals surface area contributed by atoms with Crippen LogP contribution >= 0.6 is 15.9 Å². The van der Waals surface area contributed by atoms with E-state index in [0.29, 0.717) is 24.1 Å². The van der Waals surface area contributed by atoms with Gasteiger partial charge in [-0.05, 0) is 43.5 Å². The zero-order valence-electron chi connectivity index (χ0n) is 11.8. The van der Waals surface area contributed by atoms with E-state index in [2.05, 4.69) is 21.0 Å². The number of carboxylic acid groups (broad SMARTS) is 1. The summed E-state index contributed by atoms with van der Waals surface area (Å²) in [5.41, 5.74) is 3.71. The van der Waals surface area contributed by atoms with Gasteiger partial charge in [-0.25, -0.2) is 9.48 Å². The quantitative estimate of drug-likeness (QED) is 0.924. The van der Waals surface area contributed by atoms with Crippen LogP contribution in [0.1, 0.15) is 41.2 Å². The van der Waals surface area contributed by atoms with Crippen molar-refractivity contribution in [2.45, 2.75) is 33.6 Å². The van der Waals surface area contributed by atoms with Gasteiger partial charge >= 0.3 is 5.97 Å². The van der Waals surface area contributed by atoms with Crippen molar-refractivity contribution in [2.75, 3.05) is 0 Å². The average molecular weight is 337 g/mol. The van der Waals surface area contributed by atoms with Crippen LogP contribution in [0.2, 0.25) is 0 Å². The molecule has 1 N–H and O–H groups in total. The van der Waals surface area contributed by atoms with Crippen molar-refractivity contribution in [1.29, 1.82) is 0 Å². The van der Waals surface area contributed by atoms with E-state index in [1.54, 1.807) is 4.68 Å². The third kappa shape index (κ3) is 2.50. The van der Waals surface area contributed by atoms with Gasteiger partial charge in [0, 0.05) is 4.47 Å². The first kappa shape index (κ1) is 14.8. The van der Waals surface area contributed by atoms with Crippen molar-refractivity contribution >= 4 is 21.9 Å². The molecular formula is C15H17BrN2O2. The molecule has 4 nitrogen and oxygen atoms in total. The molecular weight excluding hydrogens is 320 g/mol. The Bertz CT molecular complexity index is 662. The number of rotatable bonds is 4. The maximum atomic E-state index is 11.5. The van der Waals surface area contributed by atoms with Gasteiger partial charge in [0.05, 0.1) is 17.1 Å². The van der Waals surface area contributed by atoms with Crippen LogP contribution in [0, 0.1) is 6.92 Å². The van der Waals surface area contributed by atoms with E-state index in [1.807, 2.05) is 39.0 Å². The summed E-state index contributed by atoms with van der Waals surface area (Å²) in [4.78, 5) is 11.5. The van der Waals surface area contributed by atoms with E-state index in [1.165, 1.54) is 0 Å². The highest BCUT2D eigenvalue weighted by atomic mass is 79.9. The second-order valence-electron chi connectivity index (χ2n) is 4.62. The molecule has 0 aliphatic carbocycles. The number of aryl methyl sites for hydroxylation is 2. The number of aromatic nitrogens is 2. The first-order valence-corrected chi connectivity index (χ1v) is 7.39. The van der Waals surface area contributed by atoms with Crippen molar-refractivity contribution in [2.24, 2.45) is 0 Å². The van der Waals surface area contributed by atoms with E-state index in [0.717, 1.165) is 21.4 Å². The third-order valence-corrected chi connectivity index (χ3v) is 3.82. The predicted octanol–water partition coefficient (Wildman–Crippen LogP) is 3.77. The minimum atomic E-state index is -0.903. The number of nitrogens with zero attached hydrogens (tertiary/aromatic N) is 2. The van der Waals surface area contributed by atoms with Crippen LogP contribution in [0.25, 0.3) is 5.69 Å². The molecule has 0 atom stereocenters. The molecule has 20 heavy (non-hydrogen) atoms. The Kier molecular flexibility index (Phi) is 4.28. The highest BCUT2D eigenvalue weighted by molar-refractivity contribution is 9.10. The standard InChI is InChI=1S/C15H17BrN2O2/c1-4-11-14(15(19)20)12(5-2)18(17-11)13-7-6-10(16)8-9(13)3/h6-8H,4-5H2,1-3H3,(H,19,20). The zero-order valence-corrected chi connectivity index (χ0v) is 13.4. The number of halogens is 1. The largest absolute Gasteiger partial charge is 0.478 e. The minimum absolute atomic E-state index is 0.345. The Balaban J connectivity index is 2.71. The molecule has 0 fully saturated rings. The van der Waals surface area contributed by atoms with Crippen LogP contribution in [0.15, 0.2) is 22.7 Å². The summed E-state index contributed by atoms with van der Waals surface area (Å²) in [5.74, 6) is -0.903. The molecule has 0 amide bonds. The lowest BCUT2D eigenvalue weighted by molar-refractivity contribution is 0.0694. The summed E-state index contributed by atoms with van der Waals surface area (Å²) in [6.45, 7) is 5.87. The van der Waals surface area contributed by atoms with Gasteiger partial charge in [-0.3, -0.25) is 0 Å². The summed E-state index contributed by atoms with van der Waals surface area (Å²) in [7, 11) is 0. The Labute approximate surface area is 126 Å². The third-order valence-electron chi connectivity index (χ3n) is 3.32. The maximum Gasteiger partial charge on any atom is 0.339 e. The van der Waals surface area contributed by atoms with Crippen LogP contribution in [0.4, 0.5) is 0 Å². The molecule has 0 bridgehead atoms. The van der Waals surface area contributed by atoms with Crippen molar-refractivity contribution in [3.8, 4) is 5.69 Å². The van der Waals surface area contributed by atoms with Gasteiger partial charge in [0.1, 0.15) is 5.56 Å². The molecule has 0 aliphatic heterocycles. The fourth-order valence-electron chi connectivity index (χ4n) is 2.38. The average Bonchev–Trinajstić information content (AvgIpc) is 2.77. The van der Waals surface area contributed by atoms with Gasteiger partial charge in [-0.1, -0.05) is 29.8 Å². The SMILES string of the molecule is CCc1nn(-c2ccc(Br)cc2C)c(CC)c1C(=O)O. The lowest BCUT2D eigenvalue weighted by Crippen LogP contribution is -2.07. The Morgan fingerprint density at radius 1 is 1.35 bits per heavy atom. The van der Waals surface area contributed by atoms with Gasteiger partial charge in [-0.2, -0.15) is 5.10 Å². The topological polar surface area (TPSA) is 55.1 Å². The number of hydrogen-bond acceptors (Lipinski definition) is 2. The fourth-order valence-corrected chi connectivity index (χ4v) is 2.86. The summed E-state index contributed by atoms with van der Waals surface area (Å²) >= 11 is 3.44. The maximum absolute atomic E-state index is 11.5. The van der Waals surface area contributed by atoms with Crippen molar-refractivity contribution in [3.63, 3.8) is 0 Å². The van der Waals surface area contributed by atoms with Gasteiger partial charge in [0.2, 0.25) is 0 Å². The number of carboxylic acids is 1. The van der Waals surface area contributed by atoms with Gasteiger partial charge in [-0.15, -0.1) is 0 Å². The Morgan fingerprint density at radius 2 is 2.05 bits per heavy atom. The molecule has 0 aliphatic rings. The first-order chi connectivity index (χ1) is 9.49. The van der Waals surface area contributed by atoms with Gasteiger partial charge in [0.25, 0.3) is 0 Å². The molecule has 5 heteroatoms. The van der Waals surface area contributed by atoms with E-state index in [9.17, 15) is 9.90 Å². The first-order valence-electron chi connectivity index (χ1n) is 6.60. The van der Waals surface area contributed by atoms with Gasteiger partial charge < -0.3 is 5.11 Å². The smallest absolute Gasteiger partial charge is 0.339 e. The lowest BCUT2D eigenvalue weighted by atomic mass is 10.1. The second-order valence-corrected chi connectivity index (χ2v) is 5.54. The van der Waals surface area contributed by atoms with Crippen molar-refractivity contribution in [3.05, 3.63) is 45.2 Å². The van der Waals surface area contributed by atoms with Crippen molar-refractivity contribution < 1.29 is 9.90 Å². The van der Waals surface area contributed by atoms with Crippen LogP contribution in [-0.2, 0) is 12.8 Å². The molecule has 1 aromatic carbocycles. The van der Waals surface area contributed by atoms with E-state index in [4.69, 9.17) is 0 Å². The van der Waals surface area contributed by atoms with Gasteiger partial charge in [0.15, 0.2) is 0 Å². The number of aromatic carboxylic acids is 1. The molecule has 0 radical (unpaired) electrons. The van der Waals surface area contributed by atoms with Crippen molar-refractivity contribution in [1.82, 2.24) is 9.78 Å². The van der Waals surface area contributed by atoms with Crippen LogP contribution in [-0.4, -0.2) is 20.9 Å². The Morgan fingerprint density at radius 3 is 2.55 bits per heavy atom. The summed E-state index contributed by atoms with van der Waals surface area (Å²) < 4.78 is 2.77. The van der Waals surface area contributed by atoms with E-state index in [-0.39, 0.29) is 0 Å². The monoisotopic (exact) mass is 336 g/mol. The molecule has 0 saturated heterocycles. The molecule has 1 aromatic heterocycles. The highest BCUT2D eigenvalue weighted by Gasteiger charge is 2.22. The molecule has 1 heterocycles. The van der Waals surface area contributed by atoms with Crippen LogP contribution in [0.3, 0.4) is 0 Å². The second kappa shape index (κ2) is 5.79. The van der Waals surface area contributed by atoms with Crippen LogP contribution in [0.5, 0.6) is 0 Å². The highest BCUT2D eigenvalue weighted by Crippen LogP contribution is 2.24. The molecule has 0 unspecified atom stereocenters. The van der Waals surface area contributed by atoms with E-state index >= 15 is 0 Å². The number of benzene rings is 1. The summed E-state index contributed by atoms with van der Waals surface area (Å²) in [6.07, 6.45) is 1.24. The summed E-state index contributed by atoms with van der Waals surface area (Å²) in [5, 5.41) is 13.9. The summed E-state index contributed by atoms with van der Waals surface area (Å²) in [6, 6.07) is 5.90. The zero-order chi connectivity index (χ0) is 14.9. The molecule has 2 aromatic rings. The van der Waals surface area contributed by atoms with Crippen LogP contribution < -0.4 is 0 Å². The van der Waals surface area contributed by atoms with E-state index < -0.39 is 5.97 Å². The molecule has 0 spiro atoms. The molecule has 106 valence electrons. The number of hydrogen-bond donors (Lipinski definition) is 1. The molecule has 2 rings (SSSR count). The number of carbonyl (C=O) groups is 1. The normalized spacial score (nSPS) is 10.8. The predicted molar refractivity (Wildman–Crippen MR) is 81.7 cm³/mol.